The molecule has 88 valence electrons. The van der Waals surface area contributed by atoms with Crippen molar-refractivity contribution in [2.45, 2.75) is 20.3 Å². The van der Waals surface area contributed by atoms with Crippen molar-refractivity contribution in [3.05, 3.63) is 21.9 Å². The third-order valence-electron chi connectivity index (χ3n) is 1.88. The van der Waals surface area contributed by atoms with Gasteiger partial charge in [0, 0.05) is 11.4 Å². The van der Waals surface area contributed by atoms with E-state index in [1.165, 1.54) is 11.3 Å². The Morgan fingerprint density at radius 1 is 1.44 bits per heavy atom. The lowest BCUT2D eigenvalue weighted by molar-refractivity contribution is -0.142. The van der Waals surface area contributed by atoms with Crippen LogP contribution < -0.4 is 5.32 Å². The van der Waals surface area contributed by atoms with E-state index in [9.17, 15) is 9.59 Å². The van der Waals surface area contributed by atoms with E-state index in [0.717, 1.165) is 4.88 Å². The zero-order valence-electron chi connectivity index (χ0n) is 9.41. The number of hydrogen-bond donors (Lipinski definition) is 1. The zero-order valence-corrected chi connectivity index (χ0v) is 10.2. The maximum atomic E-state index is 11.5. The summed E-state index contributed by atoms with van der Waals surface area (Å²) < 4.78 is 4.75. The van der Waals surface area contributed by atoms with Crippen LogP contribution in [0.15, 0.2) is 12.1 Å². The third-order valence-corrected chi connectivity index (χ3v) is 2.88. The maximum absolute atomic E-state index is 11.5. The Bertz CT molecular complexity index is 373. The van der Waals surface area contributed by atoms with Gasteiger partial charge in [-0.25, -0.2) is 0 Å². The highest BCUT2D eigenvalue weighted by molar-refractivity contribution is 7.13. The van der Waals surface area contributed by atoms with Crippen molar-refractivity contribution in [1.29, 1.82) is 0 Å². The topological polar surface area (TPSA) is 55.4 Å². The van der Waals surface area contributed by atoms with Gasteiger partial charge in [0.15, 0.2) is 0 Å². The summed E-state index contributed by atoms with van der Waals surface area (Å²) in [6.07, 6.45) is 0.212. The number of nitrogens with one attached hydrogen (secondary N) is 1. The second kappa shape index (κ2) is 6.27. The lowest BCUT2D eigenvalue weighted by Crippen LogP contribution is -2.25. The summed E-state index contributed by atoms with van der Waals surface area (Å²) in [5, 5.41) is 2.67. The van der Waals surface area contributed by atoms with Gasteiger partial charge in [-0.1, -0.05) is 0 Å². The van der Waals surface area contributed by atoms with Gasteiger partial charge in [0.2, 0.25) is 0 Å². The quantitative estimate of drug-likeness (QED) is 0.799. The molecule has 4 nitrogen and oxygen atoms in total. The number of rotatable bonds is 5. The zero-order chi connectivity index (χ0) is 12.0. The van der Waals surface area contributed by atoms with Gasteiger partial charge < -0.3 is 10.1 Å². The SMILES string of the molecule is CCOC(=O)CCNC(=O)c1ccc(C)s1. The van der Waals surface area contributed by atoms with E-state index < -0.39 is 0 Å². The van der Waals surface area contributed by atoms with Crippen molar-refractivity contribution in [1.82, 2.24) is 5.32 Å². The normalized spacial score (nSPS) is 9.88. The van der Waals surface area contributed by atoms with Crippen LogP contribution in [0.2, 0.25) is 0 Å². The molecule has 1 N–H and O–H groups in total. The maximum Gasteiger partial charge on any atom is 0.307 e. The van der Waals surface area contributed by atoms with E-state index in [1.54, 1.807) is 13.0 Å². The molecule has 0 bridgehead atoms. The predicted octanol–water partition coefficient (Wildman–Crippen LogP) is 1.74. The van der Waals surface area contributed by atoms with Gasteiger partial charge in [0.25, 0.3) is 5.91 Å². The van der Waals surface area contributed by atoms with Crippen molar-refractivity contribution in [2.75, 3.05) is 13.2 Å². The van der Waals surface area contributed by atoms with Gasteiger partial charge in [0.1, 0.15) is 0 Å². The van der Waals surface area contributed by atoms with Gasteiger partial charge in [-0.3, -0.25) is 9.59 Å². The molecular formula is C11H15NO3S. The number of carbonyl (C=O) groups is 2. The van der Waals surface area contributed by atoms with Crippen LogP contribution in [0, 0.1) is 6.92 Å². The summed E-state index contributed by atoms with van der Waals surface area (Å²) in [4.78, 5) is 24.3. The molecule has 0 aliphatic rings. The van der Waals surface area contributed by atoms with Crippen LogP contribution in [-0.2, 0) is 9.53 Å². The van der Waals surface area contributed by atoms with Gasteiger partial charge in [-0.05, 0) is 26.0 Å². The number of amides is 1. The molecule has 1 aromatic heterocycles. The summed E-state index contributed by atoms with van der Waals surface area (Å²) >= 11 is 1.44. The molecule has 5 heteroatoms. The second-order valence-corrected chi connectivity index (χ2v) is 4.51. The van der Waals surface area contributed by atoms with E-state index in [1.807, 2.05) is 13.0 Å². The van der Waals surface area contributed by atoms with Gasteiger partial charge in [-0.15, -0.1) is 11.3 Å². The summed E-state index contributed by atoms with van der Waals surface area (Å²) in [6.45, 7) is 4.39. The largest absolute Gasteiger partial charge is 0.466 e. The number of carbonyl (C=O) groups excluding carboxylic acids is 2. The molecule has 0 unspecified atom stereocenters. The van der Waals surface area contributed by atoms with Crippen LogP contribution in [-0.4, -0.2) is 25.0 Å². The van der Waals surface area contributed by atoms with Gasteiger partial charge in [0.05, 0.1) is 17.9 Å². The fraction of sp³-hybridized carbons (Fsp3) is 0.455. The van der Waals surface area contributed by atoms with Crippen molar-refractivity contribution in [2.24, 2.45) is 0 Å². The van der Waals surface area contributed by atoms with E-state index >= 15 is 0 Å². The Labute approximate surface area is 98.6 Å². The number of ether oxygens (including phenoxy) is 1. The highest BCUT2D eigenvalue weighted by Gasteiger charge is 2.08. The Kier molecular flexibility index (Phi) is 4.98. The molecule has 0 saturated carbocycles. The van der Waals surface area contributed by atoms with E-state index in [2.05, 4.69) is 5.32 Å². The first kappa shape index (κ1) is 12.7. The van der Waals surface area contributed by atoms with Crippen LogP contribution in [0.3, 0.4) is 0 Å². The van der Waals surface area contributed by atoms with Gasteiger partial charge in [-0.2, -0.15) is 0 Å². The third kappa shape index (κ3) is 4.02. The Morgan fingerprint density at radius 3 is 2.75 bits per heavy atom. The average Bonchev–Trinajstić information content (AvgIpc) is 2.65. The molecule has 0 spiro atoms. The van der Waals surface area contributed by atoms with E-state index in [-0.39, 0.29) is 18.3 Å². The standard InChI is InChI=1S/C11H15NO3S/c1-3-15-10(13)6-7-12-11(14)9-5-4-8(2)16-9/h4-5H,3,6-7H2,1-2H3,(H,12,14). The Hall–Kier alpha value is -1.36. The lowest BCUT2D eigenvalue weighted by Gasteiger charge is -2.03. The predicted molar refractivity (Wildman–Crippen MR) is 62.6 cm³/mol. The van der Waals surface area contributed by atoms with Crippen molar-refractivity contribution in [3.8, 4) is 0 Å². The molecule has 1 aromatic rings. The van der Waals surface area contributed by atoms with Crippen LogP contribution in [0.5, 0.6) is 0 Å². The van der Waals surface area contributed by atoms with Crippen molar-refractivity contribution < 1.29 is 14.3 Å². The monoisotopic (exact) mass is 241 g/mol. The number of hydrogen-bond acceptors (Lipinski definition) is 4. The molecule has 1 amide bonds. The van der Waals surface area contributed by atoms with Crippen molar-refractivity contribution in [3.63, 3.8) is 0 Å². The highest BCUT2D eigenvalue weighted by atomic mass is 32.1. The van der Waals surface area contributed by atoms with Crippen LogP contribution >= 0.6 is 11.3 Å². The minimum Gasteiger partial charge on any atom is -0.466 e. The van der Waals surface area contributed by atoms with Crippen LogP contribution in [0.1, 0.15) is 27.9 Å². The molecule has 16 heavy (non-hydrogen) atoms. The highest BCUT2D eigenvalue weighted by Crippen LogP contribution is 2.14. The molecule has 0 saturated heterocycles. The number of thiophene rings is 1. The smallest absolute Gasteiger partial charge is 0.307 e. The summed E-state index contributed by atoms with van der Waals surface area (Å²) in [5.74, 6) is -0.424. The molecule has 1 rings (SSSR count). The molecular weight excluding hydrogens is 226 g/mol. The first-order valence-corrected chi connectivity index (χ1v) is 5.95. The average molecular weight is 241 g/mol. The first-order valence-electron chi connectivity index (χ1n) is 5.13. The molecule has 0 aliphatic heterocycles. The lowest BCUT2D eigenvalue weighted by atomic mass is 10.4. The van der Waals surface area contributed by atoms with E-state index in [4.69, 9.17) is 4.74 Å². The van der Waals surface area contributed by atoms with Gasteiger partial charge >= 0.3 is 5.97 Å². The molecule has 0 fully saturated rings. The minimum absolute atomic E-state index is 0.137. The molecule has 0 aromatic carbocycles. The fourth-order valence-corrected chi connectivity index (χ4v) is 1.94. The number of aryl methyl sites for hydroxylation is 1. The molecule has 1 heterocycles. The summed E-state index contributed by atoms with van der Waals surface area (Å²) in [5.41, 5.74) is 0. The Morgan fingerprint density at radius 2 is 2.19 bits per heavy atom. The second-order valence-electron chi connectivity index (χ2n) is 3.22. The van der Waals surface area contributed by atoms with Crippen molar-refractivity contribution >= 4 is 23.2 Å². The van der Waals surface area contributed by atoms with Crippen LogP contribution in [0.25, 0.3) is 0 Å². The Balaban J connectivity index is 2.28. The van der Waals surface area contributed by atoms with E-state index in [0.29, 0.717) is 18.0 Å². The fourth-order valence-electron chi connectivity index (χ4n) is 1.15. The molecule has 0 atom stereocenters. The van der Waals surface area contributed by atoms with Crippen LogP contribution in [0.4, 0.5) is 0 Å². The number of esters is 1. The minimum atomic E-state index is -0.287. The summed E-state index contributed by atoms with van der Waals surface area (Å²) in [7, 11) is 0. The summed E-state index contributed by atoms with van der Waals surface area (Å²) in [6, 6.07) is 3.67. The first-order chi connectivity index (χ1) is 7.63. The molecule has 0 radical (unpaired) electrons. The molecule has 0 aliphatic carbocycles.